The number of carbonyl (C=O) groups is 1. The number of amides is 1. The van der Waals surface area contributed by atoms with Gasteiger partial charge in [-0.25, -0.2) is 0 Å². The number of hydrogen-bond donors (Lipinski definition) is 2. The summed E-state index contributed by atoms with van der Waals surface area (Å²) in [6.45, 7) is 0.599. The molecule has 5 heteroatoms. The molecule has 2 rings (SSSR count). The lowest BCUT2D eigenvalue weighted by molar-refractivity contribution is -0.118. The fourth-order valence-corrected chi connectivity index (χ4v) is 4.03. The molecule has 1 amide bonds. The minimum atomic E-state index is 0.00414. The molecule has 0 atom stereocenters. The van der Waals surface area contributed by atoms with Crippen molar-refractivity contribution >= 4 is 43.5 Å². The molecule has 0 heterocycles. The van der Waals surface area contributed by atoms with E-state index in [1.165, 1.54) is 19.3 Å². The first kappa shape index (κ1) is 16.0. The average Bonchev–Trinajstić information content (AvgIpc) is 2.43. The zero-order chi connectivity index (χ0) is 14.6. The summed E-state index contributed by atoms with van der Waals surface area (Å²) >= 11 is 6.86. The smallest absolute Gasteiger partial charge is 0.225 e. The first-order valence-corrected chi connectivity index (χ1v) is 8.58. The van der Waals surface area contributed by atoms with Gasteiger partial charge in [0.25, 0.3) is 0 Å². The number of carbonyl (C=O) groups excluding carboxylic acids is 1. The fourth-order valence-electron chi connectivity index (χ4n) is 2.88. The minimum Gasteiger partial charge on any atom is -0.330 e. The summed E-state index contributed by atoms with van der Waals surface area (Å²) in [5.74, 6) is 0.0559. The zero-order valence-corrected chi connectivity index (χ0v) is 14.6. The van der Waals surface area contributed by atoms with Gasteiger partial charge in [-0.1, -0.05) is 35.2 Å². The number of nitrogens with two attached hydrogens (primary N) is 1. The lowest BCUT2D eigenvalue weighted by Gasteiger charge is -2.35. The topological polar surface area (TPSA) is 55.1 Å². The van der Waals surface area contributed by atoms with E-state index in [-0.39, 0.29) is 11.3 Å². The Balaban J connectivity index is 2.00. The standard InChI is InChI=1S/C15H20Br2N2O/c16-11-4-5-13(12(17)8-11)19-14(20)9-15(10-18)6-2-1-3-7-15/h4-5,8H,1-3,6-7,9-10,18H2,(H,19,20). The molecule has 0 aromatic heterocycles. The summed E-state index contributed by atoms with van der Waals surface area (Å²) in [4.78, 5) is 12.3. The molecular weight excluding hydrogens is 384 g/mol. The zero-order valence-electron chi connectivity index (χ0n) is 11.4. The fraction of sp³-hybridized carbons (Fsp3) is 0.533. The van der Waals surface area contributed by atoms with Crippen LogP contribution in [0.5, 0.6) is 0 Å². The molecule has 0 spiro atoms. The van der Waals surface area contributed by atoms with Gasteiger partial charge in [0.2, 0.25) is 5.91 Å². The summed E-state index contributed by atoms with van der Waals surface area (Å²) in [7, 11) is 0. The van der Waals surface area contributed by atoms with Crippen LogP contribution in [0.25, 0.3) is 0 Å². The van der Waals surface area contributed by atoms with Crippen LogP contribution in [0.4, 0.5) is 5.69 Å². The molecular formula is C15H20Br2N2O. The van der Waals surface area contributed by atoms with Crippen LogP contribution in [0.1, 0.15) is 38.5 Å². The Morgan fingerprint density at radius 1 is 1.25 bits per heavy atom. The predicted octanol–water partition coefficient (Wildman–Crippen LogP) is 4.45. The first-order valence-electron chi connectivity index (χ1n) is 7.00. The largest absolute Gasteiger partial charge is 0.330 e. The maximum atomic E-state index is 12.3. The number of hydrogen-bond acceptors (Lipinski definition) is 2. The van der Waals surface area contributed by atoms with Gasteiger partial charge in [0, 0.05) is 15.4 Å². The van der Waals surface area contributed by atoms with Crippen LogP contribution < -0.4 is 11.1 Å². The maximum absolute atomic E-state index is 12.3. The van der Waals surface area contributed by atoms with E-state index in [0.29, 0.717) is 13.0 Å². The molecule has 0 unspecified atom stereocenters. The van der Waals surface area contributed by atoms with Crippen molar-refractivity contribution in [3.05, 3.63) is 27.1 Å². The molecule has 1 saturated carbocycles. The van der Waals surface area contributed by atoms with Crippen molar-refractivity contribution in [2.75, 3.05) is 11.9 Å². The first-order chi connectivity index (χ1) is 9.54. The summed E-state index contributed by atoms with van der Waals surface area (Å²) in [5.41, 5.74) is 6.75. The summed E-state index contributed by atoms with van der Waals surface area (Å²) < 4.78 is 1.86. The third kappa shape index (κ3) is 4.06. The van der Waals surface area contributed by atoms with Gasteiger partial charge in [-0.3, -0.25) is 4.79 Å². The van der Waals surface area contributed by atoms with Crippen molar-refractivity contribution in [3.63, 3.8) is 0 Å². The molecule has 0 bridgehead atoms. The summed E-state index contributed by atoms with van der Waals surface area (Å²) in [6, 6.07) is 5.73. The number of halogens is 2. The average molecular weight is 404 g/mol. The van der Waals surface area contributed by atoms with Crippen LogP contribution in [0.2, 0.25) is 0 Å². The highest BCUT2D eigenvalue weighted by Gasteiger charge is 2.33. The molecule has 20 heavy (non-hydrogen) atoms. The molecule has 1 fully saturated rings. The number of anilines is 1. The van der Waals surface area contributed by atoms with Crippen molar-refractivity contribution in [1.82, 2.24) is 0 Å². The molecule has 1 aromatic carbocycles. The number of benzene rings is 1. The molecule has 0 saturated heterocycles. The molecule has 1 aromatic rings. The molecule has 3 N–H and O–H groups in total. The van der Waals surface area contributed by atoms with Crippen LogP contribution in [0.15, 0.2) is 27.1 Å². The maximum Gasteiger partial charge on any atom is 0.225 e. The van der Waals surface area contributed by atoms with Gasteiger partial charge in [0.05, 0.1) is 5.69 Å². The second kappa shape index (κ2) is 7.05. The normalized spacial score (nSPS) is 17.8. The Bertz CT molecular complexity index is 485. The van der Waals surface area contributed by atoms with Crippen LogP contribution >= 0.6 is 31.9 Å². The van der Waals surface area contributed by atoms with Gasteiger partial charge in [0.15, 0.2) is 0 Å². The lowest BCUT2D eigenvalue weighted by Crippen LogP contribution is -2.36. The van der Waals surface area contributed by atoms with E-state index >= 15 is 0 Å². The van der Waals surface area contributed by atoms with Crippen molar-refractivity contribution < 1.29 is 4.79 Å². The highest BCUT2D eigenvalue weighted by atomic mass is 79.9. The van der Waals surface area contributed by atoms with Crippen molar-refractivity contribution in [1.29, 1.82) is 0 Å². The van der Waals surface area contributed by atoms with E-state index in [4.69, 9.17) is 5.73 Å². The van der Waals surface area contributed by atoms with Gasteiger partial charge in [-0.05, 0) is 58.9 Å². The Hall–Kier alpha value is -0.390. The van der Waals surface area contributed by atoms with Crippen LogP contribution in [-0.2, 0) is 4.79 Å². The number of nitrogens with one attached hydrogen (secondary N) is 1. The van der Waals surface area contributed by atoms with Gasteiger partial charge < -0.3 is 11.1 Å². The molecule has 0 radical (unpaired) electrons. The van der Waals surface area contributed by atoms with Crippen LogP contribution in [0, 0.1) is 5.41 Å². The molecule has 110 valence electrons. The Morgan fingerprint density at radius 2 is 1.95 bits per heavy atom. The molecule has 1 aliphatic rings. The summed E-state index contributed by atoms with van der Waals surface area (Å²) in [6.07, 6.45) is 6.30. The second-order valence-corrected chi connectivity index (χ2v) is 7.38. The highest BCUT2D eigenvalue weighted by molar-refractivity contribution is 9.11. The Morgan fingerprint density at radius 3 is 2.55 bits per heavy atom. The number of rotatable bonds is 4. The third-order valence-corrected chi connectivity index (χ3v) is 5.24. The van der Waals surface area contributed by atoms with Crippen molar-refractivity contribution in [2.24, 2.45) is 11.1 Å². The van der Waals surface area contributed by atoms with Gasteiger partial charge in [0.1, 0.15) is 0 Å². The van der Waals surface area contributed by atoms with E-state index in [1.807, 2.05) is 18.2 Å². The Kier molecular flexibility index (Phi) is 5.64. The molecule has 3 nitrogen and oxygen atoms in total. The van der Waals surface area contributed by atoms with Crippen molar-refractivity contribution in [2.45, 2.75) is 38.5 Å². The lowest BCUT2D eigenvalue weighted by atomic mass is 9.71. The van der Waals surface area contributed by atoms with Gasteiger partial charge >= 0.3 is 0 Å². The van der Waals surface area contributed by atoms with Crippen LogP contribution in [-0.4, -0.2) is 12.5 Å². The van der Waals surface area contributed by atoms with E-state index in [2.05, 4.69) is 37.2 Å². The Labute approximate surface area is 136 Å². The molecule has 1 aliphatic carbocycles. The monoisotopic (exact) mass is 402 g/mol. The molecule has 0 aliphatic heterocycles. The van der Waals surface area contributed by atoms with E-state index in [9.17, 15) is 4.79 Å². The van der Waals surface area contributed by atoms with Crippen LogP contribution in [0.3, 0.4) is 0 Å². The third-order valence-electron chi connectivity index (χ3n) is 4.09. The predicted molar refractivity (Wildman–Crippen MR) is 89.7 cm³/mol. The summed E-state index contributed by atoms with van der Waals surface area (Å²) in [5, 5.41) is 2.98. The SMILES string of the molecule is NCC1(CC(=O)Nc2ccc(Br)cc2Br)CCCCC1. The second-order valence-electron chi connectivity index (χ2n) is 5.61. The van der Waals surface area contributed by atoms with E-state index in [0.717, 1.165) is 27.5 Å². The van der Waals surface area contributed by atoms with E-state index < -0.39 is 0 Å². The van der Waals surface area contributed by atoms with Crippen molar-refractivity contribution in [3.8, 4) is 0 Å². The van der Waals surface area contributed by atoms with Gasteiger partial charge in [-0.15, -0.1) is 0 Å². The highest BCUT2D eigenvalue weighted by Crippen LogP contribution is 2.38. The van der Waals surface area contributed by atoms with Gasteiger partial charge in [-0.2, -0.15) is 0 Å². The quantitative estimate of drug-likeness (QED) is 0.780. The van der Waals surface area contributed by atoms with E-state index in [1.54, 1.807) is 0 Å². The minimum absolute atomic E-state index is 0.00414.